The lowest BCUT2D eigenvalue weighted by Crippen LogP contribution is -1.91. The van der Waals surface area contributed by atoms with E-state index >= 15 is 0 Å². The van der Waals surface area contributed by atoms with Gasteiger partial charge in [0.15, 0.2) is 0 Å². The van der Waals surface area contributed by atoms with Crippen molar-refractivity contribution >= 4 is 32.3 Å². The molecule has 1 aromatic heterocycles. The van der Waals surface area contributed by atoms with Crippen molar-refractivity contribution in [3.63, 3.8) is 0 Å². The first-order chi connectivity index (χ1) is 17.9. The Balaban J connectivity index is 1.54. The van der Waals surface area contributed by atoms with Gasteiger partial charge in [0.1, 0.15) is 0 Å². The van der Waals surface area contributed by atoms with Gasteiger partial charge in [0, 0.05) is 11.8 Å². The van der Waals surface area contributed by atoms with Crippen molar-refractivity contribution in [3.8, 4) is 33.5 Å². The van der Waals surface area contributed by atoms with Crippen molar-refractivity contribution in [3.05, 3.63) is 140 Å². The number of aromatic nitrogens is 1. The average Bonchev–Trinajstić information content (AvgIpc) is 2.96. The van der Waals surface area contributed by atoms with Crippen LogP contribution in [0.25, 0.3) is 65.8 Å². The fourth-order valence-corrected chi connectivity index (χ4v) is 5.51. The van der Waals surface area contributed by atoms with Gasteiger partial charge in [0.05, 0.1) is 5.69 Å². The third-order valence-electron chi connectivity index (χ3n) is 7.12. The molecule has 0 atom stereocenters. The molecule has 0 N–H and O–H groups in total. The molecular formula is C35H23N. The number of nitrogens with zero attached hydrogens (tertiary/aromatic N) is 1. The molecule has 0 radical (unpaired) electrons. The molecule has 0 saturated heterocycles. The predicted molar refractivity (Wildman–Crippen MR) is 153 cm³/mol. The van der Waals surface area contributed by atoms with Crippen LogP contribution in [-0.2, 0) is 0 Å². The normalized spacial score (nSPS) is 11.3. The standard InChI is InChI=1S/C35H23N/c1-2-12-27-24(10-1)11-9-17-28(27)35-31-15-5-3-13-29(31)34(30-14-4-6-16-32(30)35)26-21-19-25(20-22-26)33-18-7-8-23-36-33/h1-23H. The largest absolute Gasteiger partial charge is 0.256 e. The van der Waals surface area contributed by atoms with Crippen LogP contribution in [0.3, 0.4) is 0 Å². The zero-order valence-corrected chi connectivity index (χ0v) is 19.7. The summed E-state index contributed by atoms with van der Waals surface area (Å²) < 4.78 is 0. The first kappa shape index (κ1) is 20.6. The van der Waals surface area contributed by atoms with Gasteiger partial charge < -0.3 is 0 Å². The van der Waals surface area contributed by atoms with Gasteiger partial charge in [-0.05, 0) is 66.7 Å². The SMILES string of the molecule is c1ccc(-c2ccc(-c3c4ccccc4c(-c4cccc5ccccc45)c4ccccc34)cc2)nc1. The van der Waals surface area contributed by atoms with Gasteiger partial charge in [0.2, 0.25) is 0 Å². The number of hydrogen-bond donors (Lipinski definition) is 0. The van der Waals surface area contributed by atoms with E-state index in [2.05, 4.69) is 126 Å². The summed E-state index contributed by atoms with van der Waals surface area (Å²) in [5.74, 6) is 0. The summed E-state index contributed by atoms with van der Waals surface area (Å²) in [6, 6.07) is 47.8. The summed E-state index contributed by atoms with van der Waals surface area (Å²) in [6.45, 7) is 0. The Kier molecular flexibility index (Phi) is 4.85. The molecule has 0 fully saturated rings. The summed E-state index contributed by atoms with van der Waals surface area (Å²) in [5.41, 5.74) is 7.18. The minimum atomic E-state index is 0.991. The molecule has 0 unspecified atom stereocenters. The smallest absolute Gasteiger partial charge is 0.0701 e. The van der Waals surface area contributed by atoms with Crippen LogP contribution in [0.4, 0.5) is 0 Å². The molecule has 0 saturated carbocycles. The van der Waals surface area contributed by atoms with E-state index in [1.165, 1.54) is 54.6 Å². The minimum absolute atomic E-state index is 0.991. The van der Waals surface area contributed by atoms with Crippen LogP contribution in [-0.4, -0.2) is 4.98 Å². The molecule has 168 valence electrons. The molecule has 36 heavy (non-hydrogen) atoms. The summed E-state index contributed by atoms with van der Waals surface area (Å²) in [4.78, 5) is 4.52. The van der Waals surface area contributed by atoms with E-state index in [4.69, 9.17) is 0 Å². The molecule has 0 aliphatic rings. The van der Waals surface area contributed by atoms with Crippen LogP contribution in [0.5, 0.6) is 0 Å². The third-order valence-corrected chi connectivity index (χ3v) is 7.12. The molecule has 0 amide bonds. The molecule has 0 bridgehead atoms. The van der Waals surface area contributed by atoms with Gasteiger partial charge in [0.25, 0.3) is 0 Å². The van der Waals surface area contributed by atoms with E-state index in [0.717, 1.165) is 11.3 Å². The molecule has 1 nitrogen and oxygen atoms in total. The number of benzene rings is 6. The lowest BCUT2D eigenvalue weighted by atomic mass is 9.84. The minimum Gasteiger partial charge on any atom is -0.256 e. The molecule has 0 aliphatic carbocycles. The van der Waals surface area contributed by atoms with Crippen LogP contribution in [0.15, 0.2) is 140 Å². The van der Waals surface area contributed by atoms with Crippen molar-refractivity contribution in [2.45, 2.75) is 0 Å². The fourth-order valence-electron chi connectivity index (χ4n) is 5.51. The molecule has 0 spiro atoms. The monoisotopic (exact) mass is 457 g/mol. The van der Waals surface area contributed by atoms with Crippen molar-refractivity contribution in [2.24, 2.45) is 0 Å². The van der Waals surface area contributed by atoms with Crippen molar-refractivity contribution < 1.29 is 0 Å². The second-order valence-electron chi connectivity index (χ2n) is 9.16. The zero-order valence-electron chi connectivity index (χ0n) is 19.7. The van der Waals surface area contributed by atoms with E-state index in [1.807, 2.05) is 18.3 Å². The number of pyridine rings is 1. The lowest BCUT2D eigenvalue weighted by molar-refractivity contribution is 1.33. The van der Waals surface area contributed by atoms with Gasteiger partial charge in [-0.15, -0.1) is 0 Å². The predicted octanol–water partition coefficient (Wildman–Crippen LogP) is 9.54. The average molecular weight is 458 g/mol. The van der Waals surface area contributed by atoms with Gasteiger partial charge in [-0.2, -0.15) is 0 Å². The Bertz CT molecular complexity index is 1800. The highest BCUT2D eigenvalue weighted by Gasteiger charge is 2.17. The van der Waals surface area contributed by atoms with Gasteiger partial charge in [-0.25, -0.2) is 0 Å². The van der Waals surface area contributed by atoms with E-state index in [0.29, 0.717) is 0 Å². The van der Waals surface area contributed by atoms with E-state index in [9.17, 15) is 0 Å². The molecule has 6 aromatic carbocycles. The number of rotatable bonds is 3. The summed E-state index contributed by atoms with van der Waals surface area (Å²) in [7, 11) is 0. The maximum atomic E-state index is 4.52. The topological polar surface area (TPSA) is 12.9 Å². The Morgan fingerprint density at radius 3 is 1.53 bits per heavy atom. The van der Waals surface area contributed by atoms with Gasteiger partial charge in [-0.3, -0.25) is 4.98 Å². The maximum absolute atomic E-state index is 4.52. The Morgan fingerprint density at radius 2 is 0.889 bits per heavy atom. The Labute approximate surface area is 210 Å². The van der Waals surface area contributed by atoms with Gasteiger partial charge >= 0.3 is 0 Å². The van der Waals surface area contributed by atoms with Crippen molar-refractivity contribution in [1.82, 2.24) is 4.98 Å². The van der Waals surface area contributed by atoms with E-state index in [-0.39, 0.29) is 0 Å². The second kappa shape index (κ2) is 8.48. The van der Waals surface area contributed by atoms with Crippen LogP contribution in [0.2, 0.25) is 0 Å². The molecule has 1 heteroatoms. The third kappa shape index (κ3) is 3.29. The first-order valence-electron chi connectivity index (χ1n) is 12.3. The molecule has 0 aliphatic heterocycles. The summed E-state index contributed by atoms with van der Waals surface area (Å²) >= 11 is 0. The maximum Gasteiger partial charge on any atom is 0.0701 e. The van der Waals surface area contributed by atoms with Gasteiger partial charge in [-0.1, -0.05) is 121 Å². The lowest BCUT2D eigenvalue weighted by Gasteiger charge is -2.19. The van der Waals surface area contributed by atoms with E-state index < -0.39 is 0 Å². The zero-order chi connectivity index (χ0) is 23.9. The van der Waals surface area contributed by atoms with Crippen LogP contribution in [0.1, 0.15) is 0 Å². The molecular weight excluding hydrogens is 434 g/mol. The second-order valence-corrected chi connectivity index (χ2v) is 9.16. The Morgan fingerprint density at radius 1 is 0.361 bits per heavy atom. The summed E-state index contributed by atoms with van der Waals surface area (Å²) in [6.07, 6.45) is 1.84. The highest BCUT2D eigenvalue weighted by atomic mass is 14.7. The fraction of sp³-hybridized carbons (Fsp3) is 0. The van der Waals surface area contributed by atoms with Crippen molar-refractivity contribution in [1.29, 1.82) is 0 Å². The number of hydrogen-bond acceptors (Lipinski definition) is 1. The highest BCUT2D eigenvalue weighted by Crippen LogP contribution is 2.45. The van der Waals surface area contributed by atoms with E-state index in [1.54, 1.807) is 0 Å². The van der Waals surface area contributed by atoms with Crippen molar-refractivity contribution in [2.75, 3.05) is 0 Å². The summed E-state index contributed by atoms with van der Waals surface area (Å²) in [5, 5.41) is 7.63. The number of fused-ring (bicyclic) bond motifs is 3. The molecule has 1 heterocycles. The highest BCUT2D eigenvalue weighted by molar-refractivity contribution is 6.23. The van der Waals surface area contributed by atoms with Crippen LogP contribution in [0, 0.1) is 0 Å². The van der Waals surface area contributed by atoms with Crippen LogP contribution >= 0.6 is 0 Å². The van der Waals surface area contributed by atoms with Crippen LogP contribution < -0.4 is 0 Å². The molecule has 7 aromatic rings. The quantitative estimate of drug-likeness (QED) is 0.241. The Hall–Kier alpha value is -4.75. The first-order valence-corrected chi connectivity index (χ1v) is 12.3. The molecule has 7 rings (SSSR count).